The van der Waals surface area contributed by atoms with Crippen molar-refractivity contribution in [1.82, 2.24) is 5.32 Å². The van der Waals surface area contributed by atoms with E-state index in [0.717, 1.165) is 6.54 Å². The molecule has 0 saturated heterocycles. The molecule has 0 aromatic heterocycles. The van der Waals surface area contributed by atoms with Crippen molar-refractivity contribution in [3.8, 4) is 0 Å². The van der Waals surface area contributed by atoms with Crippen LogP contribution < -0.4 is 11.1 Å². The summed E-state index contributed by atoms with van der Waals surface area (Å²) in [5, 5.41) is 12.1. The van der Waals surface area contributed by atoms with Crippen LogP contribution in [0.5, 0.6) is 0 Å². The molecule has 2 aromatic carbocycles. The summed E-state index contributed by atoms with van der Waals surface area (Å²) in [6.45, 7) is 6.52. The Labute approximate surface area is 159 Å². The number of allylic oxidation sites excluding steroid dienone is 1. The van der Waals surface area contributed by atoms with Crippen LogP contribution in [0, 0.1) is 11.3 Å². The highest BCUT2D eigenvalue weighted by atomic mass is 16.4. The fourth-order valence-electron chi connectivity index (χ4n) is 2.93. The van der Waals surface area contributed by atoms with E-state index in [9.17, 15) is 9.59 Å². The standard InChI is InChI=1S/C15H17N.C7H9NO3/c1-13(15-10-6-3-7-11-15)16-12-14-8-4-2-5-9-14;1-2-4-3-7(4,5(8)9)6(10)11/h2-11,13,16H,12H2,1H3;2,4H,1,3H2,(H2,8,9)(H,10,11)/t13-;4-,7+/m01/s1. The summed E-state index contributed by atoms with van der Waals surface area (Å²) in [7, 11) is 0. The first-order valence-electron chi connectivity index (χ1n) is 8.90. The summed E-state index contributed by atoms with van der Waals surface area (Å²) in [5.41, 5.74) is 6.24. The zero-order chi connectivity index (χ0) is 19.9. The van der Waals surface area contributed by atoms with Gasteiger partial charge in [-0.15, -0.1) is 6.58 Å². The van der Waals surface area contributed by atoms with E-state index in [1.54, 1.807) is 0 Å². The molecule has 0 heterocycles. The number of carbonyl (C=O) groups is 2. The van der Waals surface area contributed by atoms with Crippen molar-refractivity contribution < 1.29 is 14.7 Å². The van der Waals surface area contributed by atoms with Crippen molar-refractivity contribution in [2.75, 3.05) is 0 Å². The largest absolute Gasteiger partial charge is 0.480 e. The van der Waals surface area contributed by atoms with E-state index in [-0.39, 0.29) is 5.92 Å². The van der Waals surface area contributed by atoms with Crippen LogP contribution in [0.25, 0.3) is 0 Å². The molecule has 1 amide bonds. The molecule has 142 valence electrons. The second-order valence-corrected chi connectivity index (χ2v) is 6.69. The van der Waals surface area contributed by atoms with E-state index in [0.29, 0.717) is 12.5 Å². The monoisotopic (exact) mass is 366 g/mol. The molecular weight excluding hydrogens is 340 g/mol. The number of aliphatic carboxylic acids is 1. The van der Waals surface area contributed by atoms with Crippen LogP contribution in [-0.4, -0.2) is 17.0 Å². The first kappa shape index (κ1) is 20.4. The third-order valence-corrected chi connectivity index (χ3v) is 4.88. The molecule has 0 spiro atoms. The Balaban J connectivity index is 0.000000208. The topological polar surface area (TPSA) is 92.4 Å². The molecule has 27 heavy (non-hydrogen) atoms. The predicted octanol–water partition coefficient (Wildman–Crippen LogP) is 3.29. The number of hydrogen-bond donors (Lipinski definition) is 3. The van der Waals surface area contributed by atoms with Gasteiger partial charge in [0.1, 0.15) is 0 Å². The van der Waals surface area contributed by atoms with Gasteiger partial charge in [0.15, 0.2) is 5.41 Å². The van der Waals surface area contributed by atoms with E-state index >= 15 is 0 Å². The number of rotatable bonds is 7. The molecule has 1 fully saturated rings. The van der Waals surface area contributed by atoms with Gasteiger partial charge in [0.05, 0.1) is 0 Å². The van der Waals surface area contributed by atoms with Gasteiger partial charge in [-0.2, -0.15) is 0 Å². The zero-order valence-electron chi connectivity index (χ0n) is 15.5. The van der Waals surface area contributed by atoms with Gasteiger partial charge in [0.25, 0.3) is 0 Å². The number of benzene rings is 2. The summed E-state index contributed by atoms with van der Waals surface area (Å²) >= 11 is 0. The van der Waals surface area contributed by atoms with Crippen LogP contribution >= 0.6 is 0 Å². The summed E-state index contributed by atoms with van der Waals surface area (Å²) in [6, 6.07) is 21.4. The Morgan fingerprint density at radius 2 is 1.78 bits per heavy atom. The number of hydrogen-bond acceptors (Lipinski definition) is 3. The fraction of sp³-hybridized carbons (Fsp3) is 0.273. The number of amides is 1. The van der Waals surface area contributed by atoms with Crippen LogP contribution in [0.3, 0.4) is 0 Å². The Morgan fingerprint density at radius 3 is 2.19 bits per heavy atom. The molecule has 0 aliphatic heterocycles. The van der Waals surface area contributed by atoms with Crippen molar-refractivity contribution in [3.05, 3.63) is 84.4 Å². The molecule has 5 nitrogen and oxygen atoms in total. The fourth-order valence-corrected chi connectivity index (χ4v) is 2.93. The van der Waals surface area contributed by atoms with Crippen LogP contribution in [0.1, 0.15) is 30.5 Å². The quantitative estimate of drug-likeness (QED) is 0.518. The number of nitrogens with two attached hydrogens (primary N) is 1. The summed E-state index contributed by atoms with van der Waals surface area (Å²) < 4.78 is 0. The van der Waals surface area contributed by atoms with E-state index in [4.69, 9.17) is 10.8 Å². The minimum atomic E-state index is -1.35. The number of primary amides is 1. The molecule has 0 radical (unpaired) electrons. The Hall–Kier alpha value is -2.92. The van der Waals surface area contributed by atoms with Gasteiger partial charge >= 0.3 is 5.97 Å². The van der Waals surface area contributed by atoms with Gasteiger partial charge in [0, 0.05) is 18.5 Å². The Bertz CT molecular complexity index is 761. The molecule has 1 aliphatic carbocycles. The molecule has 3 atom stereocenters. The van der Waals surface area contributed by atoms with E-state index < -0.39 is 17.3 Å². The van der Waals surface area contributed by atoms with Crippen LogP contribution in [0.2, 0.25) is 0 Å². The number of carboxylic acids is 1. The molecule has 0 bridgehead atoms. The maximum atomic E-state index is 10.7. The predicted molar refractivity (Wildman–Crippen MR) is 106 cm³/mol. The second kappa shape index (κ2) is 9.14. The highest BCUT2D eigenvalue weighted by molar-refractivity contribution is 6.05. The molecule has 1 saturated carbocycles. The van der Waals surface area contributed by atoms with Crippen molar-refractivity contribution in [3.63, 3.8) is 0 Å². The van der Waals surface area contributed by atoms with E-state index in [1.807, 2.05) is 12.1 Å². The van der Waals surface area contributed by atoms with Gasteiger partial charge in [-0.05, 0) is 24.5 Å². The van der Waals surface area contributed by atoms with Crippen molar-refractivity contribution >= 4 is 11.9 Å². The smallest absolute Gasteiger partial charge is 0.319 e. The van der Waals surface area contributed by atoms with E-state index in [2.05, 4.69) is 67.4 Å². The molecule has 1 aliphatic rings. The minimum absolute atomic E-state index is 0.280. The van der Waals surface area contributed by atoms with Gasteiger partial charge in [-0.25, -0.2) is 0 Å². The minimum Gasteiger partial charge on any atom is -0.480 e. The number of carboxylic acid groups (broad SMARTS) is 1. The normalized spacial score (nSPS) is 21.3. The van der Waals surface area contributed by atoms with Gasteiger partial charge in [-0.1, -0.05) is 66.7 Å². The van der Waals surface area contributed by atoms with Gasteiger partial charge in [-0.3, -0.25) is 9.59 Å². The summed E-state index contributed by atoms with van der Waals surface area (Å²) in [5.74, 6) is -2.19. The highest BCUT2D eigenvalue weighted by Crippen LogP contribution is 2.53. The number of nitrogens with one attached hydrogen (secondary N) is 1. The zero-order valence-corrected chi connectivity index (χ0v) is 15.5. The average molecular weight is 366 g/mol. The van der Waals surface area contributed by atoms with Gasteiger partial charge in [0.2, 0.25) is 5.91 Å². The SMILES string of the molecule is C=C[C@@H]1C[C@]1(C(N)=O)C(=O)O.C[C@H](NCc1ccccc1)c1ccccc1. The lowest BCUT2D eigenvalue weighted by atomic mass is 10.0. The van der Waals surface area contributed by atoms with Crippen molar-refractivity contribution in [2.45, 2.75) is 25.9 Å². The first-order valence-corrected chi connectivity index (χ1v) is 8.90. The van der Waals surface area contributed by atoms with Gasteiger partial charge < -0.3 is 16.2 Å². The lowest BCUT2D eigenvalue weighted by Gasteiger charge is -2.14. The lowest BCUT2D eigenvalue weighted by molar-refractivity contribution is -0.148. The van der Waals surface area contributed by atoms with Crippen LogP contribution in [-0.2, 0) is 16.1 Å². The third kappa shape index (κ3) is 5.05. The maximum Gasteiger partial charge on any atom is 0.319 e. The highest BCUT2D eigenvalue weighted by Gasteiger charge is 2.63. The molecule has 4 N–H and O–H groups in total. The maximum absolute atomic E-state index is 10.7. The average Bonchev–Trinajstić information content (AvgIpc) is 3.45. The molecular formula is C22H26N2O3. The molecule has 5 heteroatoms. The van der Waals surface area contributed by atoms with Crippen molar-refractivity contribution in [2.24, 2.45) is 17.1 Å². The first-order chi connectivity index (χ1) is 12.9. The van der Waals surface area contributed by atoms with Crippen molar-refractivity contribution in [1.29, 1.82) is 0 Å². The molecule has 3 rings (SSSR count). The van der Waals surface area contributed by atoms with Crippen LogP contribution in [0.15, 0.2) is 73.3 Å². The molecule has 0 unspecified atom stereocenters. The second-order valence-electron chi connectivity index (χ2n) is 6.69. The Kier molecular flexibility index (Phi) is 6.91. The Morgan fingerprint density at radius 1 is 1.22 bits per heavy atom. The summed E-state index contributed by atoms with van der Waals surface area (Å²) in [6.07, 6.45) is 1.75. The van der Waals surface area contributed by atoms with Crippen LogP contribution in [0.4, 0.5) is 0 Å². The lowest BCUT2D eigenvalue weighted by Crippen LogP contribution is -2.33. The molecule has 2 aromatic rings. The number of carbonyl (C=O) groups excluding carboxylic acids is 1. The van der Waals surface area contributed by atoms with E-state index in [1.165, 1.54) is 17.2 Å². The third-order valence-electron chi connectivity index (χ3n) is 4.88. The summed E-state index contributed by atoms with van der Waals surface area (Å²) in [4.78, 5) is 21.2.